The van der Waals surface area contributed by atoms with Gasteiger partial charge in [0.25, 0.3) is 0 Å². The summed E-state index contributed by atoms with van der Waals surface area (Å²) in [5.74, 6) is 0.990. The summed E-state index contributed by atoms with van der Waals surface area (Å²) in [7, 11) is 1.64. The molecule has 1 aliphatic rings. The highest BCUT2D eigenvalue weighted by atomic mass is 16.5. The molecule has 0 bridgehead atoms. The summed E-state index contributed by atoms with van der Waals surface area (Å²) in [6.45, 7) is 2.90. The highest BCUT2D eigenvalue weighted by molar-refractivity contribution is 5.80. The van der Waals surface area contributed by atoms with Crippen LogP contribution in [0.2, 0.25) is 0 Å². The van der Waals surface area contributed by atoms with E-state index in [2.05, 4.69) is 16.2 Å². The monoisotopic (exact) mass is 361 g/mol. The van der Waals surface area contributed by atoms with Gasteiger partial charge >= 0.3 is 0 Å². The van der Waals surface area contributed by atoms with Gasteiger partial charge in [0, 0.05) is 29.1 Å². The molecule has 2 aromatic heterocycles. The third-order valence-electron chi connectivity index (χ3n) is 4.79. The molecule has 27 heavy (non-hydrogen) atoms. The van der Waals surface area contributed by atoms with Crippen molar-refractivity contribution in [1.82, 2.24) is 14.8 Å². The standard InChI is InChI=1S/C20H19N5O2/c1-12-19-16(11-27-12)18(15(9-21)20(22)24-19)13-4-5-17(26-2)14(8-13)10-25-7-3-6-23-25/h3-8,12H,10-11H2,1-2H3,(H2,22,24). The summed E-state index contributed by atoms with van der Waals surface area (Å²) in [5, 5.41) is 13.9. The topological polar surface area (TPSA) is 99.0 Å². The maximum absolute atomic E-state index is 9.69. The van der Waals surface area contributed by atoms with Crippen LogP contribution in [0.1, 0.15) is 35.4 Å². The molecular formula is C20H19N5O2. The van der Waals surface area contributed by atoms with Crippen LogP contribution in [0.15, 0.2) is 36.7 Å². The van der Waals surface area contributed by atoms with Gasteiger partial charge in [0.2, 0.25) is 0 Å². The zero-order valence-corrected chi connectivity index (χ0v) is 15.1. The Morgan fingerprint density at radius 2 is 2.30 bits per heavy atom. The van der Waals surface area contributed by atoms with Crippen molar-refractivity contribution in [2.24, 2.45) is 0 Å². The van der Waals surface area contributed by atoms with E-state index in [-0.39, 0.29) is 11.9 Å². The van der Waals surface area contributed by atoms with Crippen LogP contribution in [0.25, 0.3) is 11.1 Å². The second-order valence-electron chi connectivity index (χ2n) is 6.41. The number of hydrogen-bond acceptors (Lipinski definition) is 6. The van der Waals surface area contributed by atoms with E-state index in [4.69, 9.17) is 15.2 Å². The molecule has 3 heterocycles. The summed E-state index contributed by atoms with van der Waals surface area (Å²) >= 11 is 0. The van der Waals surface area contributed by atoms with E-state index >= 15 is 0 Å². The van der Waals surface area contributed by atoms with Crippen LogP contribution in [0.4, 0.5) is 5.82 Å². The van der Waals surface area contributed by atoms with Crippen molar-refractivity contribution in [3.05, 3.63) is 59.0 Å². The molecular weight excluding hydrogens is 342 g/mol. The molecule has 4 rings (SSSR count). The average molecular weight is 361 g/mol. The maximum Gasteiger partial charge on any atom is 0.142 e. The molecule has 3 aromatic rings. The zero-order valence-electron chi connectivity index (χ0n) is 15.1. The molecule has 0 radical (unpaired) electrons. The molecule has 136 valence electrons. The molecule has 7 heteroatoms. The fourth-order valence-electron chi connectivity index (χ4n) is 3.49. The molecule has 0 saturated carbocycles. The summed E-state index contributed by atoms with van der Waals surface area (Å²) in [6, 6.07) is 9.93. The normalized spacial score (nSPS) is 15.4. The van der Waals surface area contributed by atoms with Crippen LogP contribution in [0.5, 0.6) is 5.75 Å². The summed E-state index contributed by atoms with van der Waals surface area (Å²) in [5.41, 5.74) is 10.8. The van der Waals surface area contributed by atoms with Gasteiger partial charge in [-0.15, -0.1) is 0 Å². The molecule has 0 saturated heterocycles. The largest absolute Gasteiger partial charge is 0.496 e. The lowest BCUT2D eigenvalue weighted by Gasteiger charge is -2.15. The van der Waals surface area contributed by atoms with Crippen LogP contribution < -0.4 is 10.5 Å². The van der Waals surface area contributed by atoms with Gasteiger partial charge in [-0.2, -0.15) is 10.4 Å². The third-order valence-corrected chi connectivity index (χ3v) is 4.79. The first-order valence-electron chi connectivity index (χ1n) is 8.61. The van der Waals surface area contributed by atoms with Gasteiger partial charge in [-0.1, -0.05) is 6.07 Å². The molecule has 1 aliphatic heterocycles. The molecule has 0 spiro atoms. The quantitative estimate of drug-likeness (QED) is 0.767. The van der Waals surface area contributed by atoms with Crippen molar-refractivity contribution < 1.29 is 9.47 Å². The van der Waals surface area contributed by atoms with E-state index < -0.39 is 0 Å². The predicted octanol–water partition coefficient (Wildman–Crippen LogP) is 3.05. The number of aromatic nitrogens is 3. The molecule has 2 N–H and O–H groups in total. The van der Waals surface area contributed by atoms with Gasteiger partial charge in [-0.05, 0) is 30.7 Å². The number of hydrogen-bond donors (Lipinski definition) is 1. The van der Waals surface area contributed by atoms with Crippen molar-refractivity contribution in [3.63, 3.8) is 0 Å². The predicted molar refractivity (Wildman–Crippen MR) is 99.9 cm³/mol. The van der Waals surface area contributed by atoms with E-state index in [1.807, 2.05) is 42.1 Å². The number of benzene rings is 1. The minimum absolute atomic E-state index is 0.143. The lowest BCUT2D eigenvalue weighted by molar-refractivity contribution is 0.0780. The summed E-state index contributed by atoms with van der Waals surface area (Å²) < 4.78 is 13.1. The van der Waals surface area contributed by atoms with E-state index in [0.29, 0.717) is 18.7 Å². The van der Waals surface area contributed by atoms with Gasteiger partial charge in [0.15, 0.2) is 0 Å². The van der Waals surface area contributed by atoms with E-state index in [1.165, 1.54) is 0 Å². The van der Waals surface area contributed by atoms with Gasteiger partial charge in [0.05, 0.1) is 32.1 Å². The molecule has 1 unspecified atom stereocenters. The zero-order chi connectivity index (χ0) is 19.0. The lowest BCUT2D eigenvalue weighted by Crippen LogP contribution is -2.06. The molecule has 0 amide bonds. The average Bonchev–Trinajstić information content (AvgIpc) is 3.31. The first-order valence-corrected chi connectivity index (χ1v) is 8.61. The molecule has 0 aliphatic carbocycles. The van der Waals surface area contributed by atoms with Gasteiger partial charge < -0.3 is 15.2 Å². The van der Waals surface area contributed by atoms with Crippen LogP contribution in [0.3, 0.4) is 0 Å². The second kappa shape index (κ2) is 6.74. The molecule has 7 nitrogen and oxygen atoms in total. The number of anilines is 1. The number of nitrogens with two attached hydrogens (primary N) is 1. The first-order chi connectivity index (χ1) is 13.1. The Bertz CT molecular complexity index is 1040. The number of methoxy groups -OCH3 is 1. The van der Waals surface area contributed by atoms with Crippen molar-refractivity contribution in [2.45, 2.75) is 26.2 Å². The van der Waals surface area contributed by atoms with Gasteiger partial charge in [0.1, 0.15) is 23.2 Å². The second-order valence-corrected chi connectivity index (χ2v) is 6.41. The maximum atomic E-state index is 9.69. The van der Waals surface area contributed by atoms with Crippen LogP contribution in [0, 0.1) is 11.3 Å². The smallest absolute Gasteiger partial charge is 0.142 e. The SMILES string of the molecule is COc1ccc(-c2c(C#N)c(N)nc3c2COC3C)cc1Cn1cccn1. The van der Waals surface area contributed by atoms with E-state index in [0.717, 1.165) is 33.7 Å². The first kappa shape index (κ1) is 17.1. The Morgan fingerprint density at radius 1 is 1.44 bits per heavy atom. The van der Waals surface area contributed by atoms with Gasteiger partial charge in [-0.3, -0.25) is 4.68 Å². The molecule has 0 fully saturated rings. The highest BCUT2D eigenvalue weighted by Gasteiger charge is 2.28. The minimum atomic E-state index is -0.143. The number of nitrogen functional groups attached to an aromatic ring is 1. The van der Waals surface area contributed by atoms with E-state index in [1.54, 1.807) is 13.3 Å². The fraction of sp³-hybridized carbons (Fsp3) is 0.250. The summed E-state index contributed by atoms with van der Waals surface area (Å²) in [4.78, 5) is 4.40. The number of fused-ring (bicyclic) bond motifs is 1. The lowest BCUT2D eigenvalue weighted by atomic mass is 9.93. The van der Waals surface area contributed by atoms with Crippen LogP contribution in [-0.2, 0) is 17.9 Å². The minimum Gasteiger partial charge on any atom is -0.496 e. The number of rotatable bonds is 4. The third kappa shape index (κ3) is 2.90. The van der Waals surface area contributed by atoms with E-state index in [9.17, 15) is 5.26 Å². The molecule has 1 aromatic carbocycles. The Kier molecular flexibility index (Phi) is 4.26. The van der Waals surface area contributed by atoms with Crippen molar-refractivity contribution in [3.8, 4) is 22.9 Å². The van der Waals surface area contributed by atoms with Crippen LogP contribution >= 0.6 is 0 Å². The highest BCUT2D eigenvalue weighted by Crippen LogP contribution is 2.40. The van der Waals surface area contributed by atoms with Gasteiger partial charge in [-0.25, -0.2) is 4.98 Å². The Labute approximate surface area is 157 Å². The number of nitriles is 1. The van der Waals surface area contributed by atoms with Crippen molar-refractivity contribution in [1.29, 1.82) is 5.26 Å². The van der Waals surface area contributed by atoms with Crippen molar-refractivity contribution >= 4 is 5.82 Å². The Hall–Kier alpha value is -3.37. The number of pyridine rings is 1. The molecule has 1 atom stereocenters. The Balaban J connectivity index is 1.89. The number of nitrogens with zero attached hydrogens (tertiary/aromatic N) is 4. The summed E-state index contributed by atoms with van der Waals surface area (Å²) in [6.07, 6.45) is 3.49. The fourth-order valence-corrected chi connectivity index (χ4v) is 3.49. The Morgan fingerprint density at radius 3 is 3.00 bits per heavy atom. The van der Waals surface area contributed by atoms with Crippen molar-refractivity contribution in [2.75, 3.05) is 12.8 Å². The van der Waals surface area contributed by atoms with Crippen LogP contribution in [-0.4, -0.2) is 21.9 Å². The number of ether oxygens (including phenoxy) is 2.